The third-order valence-corrected chi connectivity index (χ3v) is 4.15. The minimum Gasteiger partial charge on any atom is -0.486 e. The lowest BCUT2D eigenvalue weighted by atomic mass is 10.2. The van der Waals surface area contributed by atoms with Gasteiger partial charge in [0, 0.05) is 24.7 Å². The topological polar surface area (TPSA) is 67.9 Å². The van der Waals surface area contributed by atoms with E-state index in [0.29, 0.717) is 49.8 Å². The molecule has 23 heavy (non-hydrogen) atoms. The second kappa shape index (κ2) is 6.89. The Morgan fingerprint density at radius 2 is 2.04 bits per heavy atom. The molecule has 1 aromatic carbocycles. The quantitative estimate of drug-likeness (QED) is 0.924. The first-order valence-corrected chi connectivity index (χ1v) is 8.19. The molecule has 2 amide bonds. The van der Waals surface area contributed by atoms with Crippen molar-refractivity contribution in [3.8, 4) is 11.5 Å². The smallest absolute Gasteiger partial charge is 0.247 e. The number of nitrogens with zero attached hydrogens (tertiary/aromatic N) is 1. The predicted molar refractivity (Wildman–Crippen MR) is 85.7 cm³/mol. The minimum atomic E-state index is -0.373. The molecular formula is C17H22N2O4. The van der Waals surface area contributed by atoms with E-state index in [2.05, 4.69) is 5.32 Å². The van der Waals surface area contributed by atoms with Crippen molar-refractivity contribution in [2.24, 2.45) is 0 Å². The molecule has 3 rings (SSSR count). The molecule has 0 aliphatic carbocycles. The lowest BCUT2D eigenvalue weighted by Crippen LogP contribution is -2.43. The highest BCUT2D eigenvalue weighted by molar-refractivity contribution is 5.97. The summed E-state index contributed by atoms with van der Waals surface area (Å²) in [6.07, 6.45) is 2.88. The number of amides is 2. The Bertz CT molecular complexity index is 602. The minimum absolute atomic E-state index is 0.0623. The summed E-state index contributed by atoms with van der Waals surface area (Å²) in [5.74, 6) is 1.25. The van der Waals surface area contributed by atoms with Crippen LogP contribution >= 0.6 is 0 Å². The summed E-state index contributed by atoms with van der Waals surface area (Å²) < 4.78 is 11.0. The molecular weight excluding hydrogens is 296 g/mol. The molecule has 1 fully saturated rings. The van der Waals surface area contributed by atoms with Crippen LogP contribution in [0.4, 0.5) is 5.69 Å². The molecule has 1 saturated heterocycles. The zero-order valence-corrected chi connectivity index (χ0v) is 13.3. The van der Waals surface area contributed by atoms with Crippen molar-refractivity contribution in [3.05, 3.63) is 18.2 Å². The number of hydrogen-bond acceptors (Lipinski definition) is 4. The summed E-state index contributed by atoms with van der Waals surface area (Å²) in [6, 6.07) is 4.97. The van der Waals surface area contributed by atoms with E-state index in [1.165, 1.54) is 0 Å². The highest BCUT2D eigenvalue weighted by atomic mass is 16.6. The van der Waals surface area contributed by atoms with Crippen LogP contribution in [0, 0.1) is 0 Å². The maximum Gasteiger partial charge on any atom is 0.247 e. The van der Waals surface area contributed by atoms with Crippen LogP contribution in [0.5, 0.6) is 11.5 Å². The van der Waals surface area contributed by atoms with Crippen LogP contribution in [0.3, 0.4) is 0 Å². The number of hydrogen-bond donors (Lipinski definition) is 1. The Morgan fingerprint density at radius 3 is 2.83 bits per heavy atom. The molecule has 2 aliphatic rings. The zero-order valence-electron chi connectivity index (χ0n) is 13.3. The van der Waals surface area contributed by atoms with Gasteiger partial charge in [-0.2, -0.15) is 0 Å². The number of rotatable bonds is 4. The van der Waals surface area contributed by atoms with Crippen LogP contribution < -0.4 is 14.8 Å². The van der Waals surface area contributed by atoms with Crippen LogP contribution in [0.15, 0.2) is 18.2 Å². The van der Waals surface area contributed by atoms with Crippen molar-refractivity contribution in [3.63, 3.8) is 0 Å². The highest BCUT2D eigenvalue weighted by Gasteiger charge is 2.33. The summed E-state index contributed by atoms with van der Waals surface area (Å²) in [5, 5.41) is 2.89. The molecule has 1 aromatic rings. The van der Waals surface area contributed by atoms with Crippen LogP contribution in [0.1, 0.15) is 32.6 Å². The number of carbonyl (C=O) groups excluding carboxylic acids is 2. The monoisotopic (exact) mass is 318 g/mol. The maximum absolute atomic E-state index is 12.5. The lowest BCUT2D eigenvalue weighted by molar-refractivity contribution is -0.136. The molecule has 0 radical (unpaired) electrons. The fraction of sp³-hybridized carbons (Fsp3) is 0.529. The third kappa shape index (κ3) is 3.41. The van der Waals surface area contributed by atoms with Crippen molar-refractivity contribution >= 4 is 17.5 Å². The SMILES string of the molecule is CCCC(=O)N1CCC[C@H]1C(=O)Nc1ccc2c(c1)OCCO2. The summed E-state index contributed by atoms with van der Waals surface area (Å²) in [4.78, 5) is 26.3. The number of likely N-dealkylation sites (tertiary alicyclic amines) is 1. The molecule has 0 bridgehead atoms. The van der Waals surface area contributed by atoms with Gasteiger partial charge in [-0.25, -0.2) is 0 Å². The van der Waals surface area contributed by atoms with E-state index < -0.39 is 0 Å². The molecule has 0 unspecified atom stereocenters. The second-order valence-electron chi connectivity index (χ2n) is 5.84. The van der Waals surface area contributed by atoms with Crippen molar-refractivity contribution < 1.29 is 19.1 Å². The molecule has 0 aromatic heterocycles. The van der Waals surface area contributed by atoms with Gasteiger partial charge >= 0.3 is 0 Å². The molecule has 2 heterocycles. The van der Waals surface area contributed by atoms with Gasteiger partial charge in [0.2, 0.25) is 11.8 Å². The molecule has 6 nitrogen and oxygen atoms in total. The van der Waals surface area contributed by atoms with E-state index in [9.17, 15) is 9.59 Å². The fourth-order valence-electron chi connectivity index (χ4n) is 3.04. The standard InChI is InChI=1S/C17H22N2O4/c1-2-4-16(20)19-8-3-5-13(19)17(21)18-12-6-7-14-15(11-12)23-10-9-22-14/h6-7,11,13H,2-5,8-10H2,1H3,(H,18,21)/t13-/m0/s1. The van der Waals surface area contributed by atoms with E-state index in [0.717, 1.165) is 12.8 Å². The number of nitrogens with one attached hydrogen (secondary N) is 1. The van der Waals surface area contributed by atoms with Crippen molar-refractivity contribution in [2.45, 2.75) is 38.6 Å². The van der Waals surface area contributed by atoms with Crippen LogP contribution in [0.25, 0.3) is 0 Å². The van der Waals surface area contributed by atoms with Gasteiger partial charge in [-0.15, -0.1) is 0 Å². The number of benzene rings is 1. The number of ether oxygens (including phenoxy) is 2. The van der Waals surface area contributed by atoms with Gasteiger partial charge in [-0.3, -0.25) is 9.59 Å². The Kier molecular flexibility index (Phi) is 4.69. The molecule has 124 valence electrons. The molecule has 0 saturated carbocycles. The Hall–Kier alpha value is -2.24. The van der Waals surface area contributed by atoms with Gasteiger partial charge in [-0.05, 0) is 31.4 Å². The van der Waals surface area contributed by atoms with Gasteiger partial charge in [-0.1, -0.05) is 6.92 Å². The van der Waals surface area contributed by atoms with E-state index in [1.54, 1.807) is 23.1 Å². The normalized spacial score (nSPS) is 19.5. The molecule has 1 N–H and O–H groups in total. The molecule has 2 aliphatic heterocycles. The van der Waals surface area contributed by atoms with Crippen LogP contribution in [-0.4, -0.2) is 42.5 Å². The molecule has 6 heteroatoms. The summed E-state index contributed by atoms with van der Waals surface area (Å²) in [6.45, 7) is 3.68. The second-order valence-corrected chi connectivity index (χ2v) is 5.84. The number of fused-ring (bicyclic) bond motifs is 1. The molecule has 1 atom stereocenters. The van der Waals surface area contributed by atoms with Crippen molar-refractivity contribution in [1.29, 1.82) is 0 Å². The first-order chi connectivity index (χ1) is 11.2. The van der Waals surface area contributed by atoms with Gasteiger partial charge in [0.1, 0.15) is 19.3 Å². The Morgan fingerprint density at radius 1 is 1.26 bits per heavy atom. The Labute approximate surface area is 135 Å². The highest BCUT2D eigenvalue weighted by Crippen LogP contribution is 2.33. The van der Waals surface area contributed by atoms with Gasteiger partial charge in [0.05, 0.1) is 0 Å². The van der Waals surface area contributed by atoms with Crippen LogP contribution in [-0.2, 0) is 9.59 Å². The number of anilines is 1. The fourth-order valence-corrected chi connectivity index (χ4v) is 3.04. The zero-order chi connectivity index (χ0) is 16.2. The summed E-state index contributed by atoms with van der Waals surface area (Å²) in [5.41, 5.74) is 0.661. The lowest BCUT2D eigenvalue weighted by Gasteiger charge is -2.24. The van der Waals surface area contributed by atoms with Gasteiger partial charge in [0.15, 0.2) is 11.5 Å². The van der Waals surface area contributed by atoms with E-state index in [1.807, 2.05) is 6.92 Å². The third-order valence-electron chi connectivity index (χ3n) is 4.15. The first kappa shape index (κ1) is 15.6. The van der Waals surface area contributed by atoms with E-state index in [-0.39, 0.29) is 17.9 Å². The molecule has 0 spiro atoms. The largest absolute Gasteiger partial charge is 0.486 e. The summed E-state index contributed by atoms with van der Waals surface area (Å²) in [7, 11) is 0. The van der Waals surface area contributed by atoms with Crippen molar-refractivity contribution in [2.75, 3.05) is 25.1 Å². The number of carbonyl (C=O) groups is 2. The van der Waals surface area contributed by atoms with Crippen molar-refractivity contribution in [1.82, 2.24) is 4.90 Å². The Balaban J connectivity index is 1.67. The average molecular weight is 318 g/mol. The summed E-state index contributed by atoms with van der Waals surface area (Å²) >= 11 is 0. The van der Waals surface area contributed by atoms with E-state index in [4.69, 9.17) is 9.47 Å². The first-order valence-electron chi connectivity index (χ1n) is 8.19. The van der Waals surface area contributed by atoms with Gasteiger partial charge < -0.3 is 19.7 Å². The van der Waals surface area contributed by atoms with E-state index >= 15 is 0 Å². The van der Waals surface area contributed by atoms with Gasteiger partial charge in [0.25, 0.3) is 0 Å². The average Bonchev–Trinajstić information content (AvgIpc) is 3.05. The maximum atomic E-state index is 12.5. The van der Waals surface area contributed by atoms with Crippen LogP contribution in [0.2, 0.25) is 0 Å². The predicted octanol–water partition coefficient (Wildman–Crippen LogP) is 2.19.